The van der Waals surface area contributed by atoms with Crippen molar-refractivity contribution in [2.45, 2.75) is 26.0 Å². The van der Waals surface area contributed by atoms with Gasteiger partial charge in [-0.2, -0.15) is 5.10 Å². The summed E-state index contributed by atoms with van der Waals surface area (Å²) in [5.74, 6) is 2.54. The minimum Gasteiger partial charge on any atom is -0.483 e. The highest BCUT2D eigenvalue weighted by Gasteiger charge is 2.32. The van der Waals surface area contributed by atoms with Gasteiger partial charge in [-0.1, -0.05) is 12.1 Å². The molecule has 2 aliphatic heterocycles. The van der Waals surface area contributed by atoms with Crippen LogP contribution in [0.2, 0.25) is 0 Å². The van der Waals surface area contributed by atoms with Crippen LogP contribution in [0.1, 0.15) is 19.4 Å². The van der Waals surface area contributed by atoms with Gasteiger partial charge >= 0.3 is 0 Å². The maximum absolute atomic E-state index is 6.36. The fourth-order valence-corrected chi connectivity index (χ4v) is 3.76. The van der Waals surface area contributed by atoms with Crippen LogP contribution in [0, 0.1) is 0 Å². The molecule has 3 heterocycles. The van der Waals surface area contributed by atoms with Gasteiger partial charge in [-0.3, -0.25) is 4.68 Å². The van der Waals surface area contributed by atoms with Crippen molar-refractivity contribution in [3.05, 3.63) is 42.0 Å². The molecule has 0 spiro atoms. The van der Waals surface area contributed by atoms with Gasteiger partial charge in [-0.05, 0) is 52.2 Å². The van der Waals surface area contributed by atoms with Gasteiger partial charge in [0.25, 0.3) is 0 Å². The van der Waals surface area contributed by atoms with Gasteiger partial charge in [0, 0.05) is 18.2 Å². The van der Waals surface area contributed by atoms with Crippen molar-refractivity contribution in [1.29, 1.82) is 0 Å². The molecular weight excluding hydrogens is 338 g/mol. The van der Waals surface area contributed by atoms with Crippen molar-refractivity contribution < 1.29 is 9.47 Å². The Kier molecular flexibility index (Phi) is 3.40. The fourth-order valence-electron chi connectivity index (χ4n) is 3.76. The monoisotopic (exact) mass is 361 g/mol. The highest BCUT2D eigenvalue weighted by atomic mass is 16.5. The molecular formula is C22H23N3O2. The third-order valence-corrected chi connectivity index (χ3v) is 5.13. The number of likely N-dealkylation sites (N-methyl/N-ethyl adjacent to an activating group) is 1. The smallest absolute Gasteiger partial charge is 0.150 e. The lowest BCUT2D eigenvalue weighted by Crippen LogP contribution is -2.27. The molecule has 0 radical (unpaired) electrons. The molecule has 5 rings (SSSR count). The Morgan fingerprint density at radius 2 is 1.96 bits per heavy atom. The van der Waals surface area contributed by atoms with Gasteiger partial charge in [0.05, 0.1) is 23.0 Å². The van der Waals surface area contributed by atoms with E-state index in [1.807, 2.05) is 18.2 Å². The number of nitrogens with zero attached hydrogens (tertiary/aromatic N) is 3. The van der Waals surface area contributed by atoms with Crippen LogP contribution in [0.15, 0.2) is 36.4 Å². The number of benzene rings is 2. The van der Waals surface area contributed by atoms with Crippen LogP contribution in [0.25, 0.3) is 28.2 Å². The zero-order valence-electron chi connectivity index (χ0n) is 16.1. The Morgan fingerprint density at radius 1 is 1.15 bits per heavy atom. The Balaban J connectivity index is 1.79. The molecule has 0 N–H and O–H groups in total. The highest BCUT2D eigenvalue weighted by Crippen LogP contribution is 2.51. The van der Waals surface area contributed by atoms with Gasteiger partial charge in [0.15, 0.2) is 0 Å². The van der Waals surface area contributed by atoms with Crippen molar-refractivity contribution in [2.75, 3.05) is 20.6 Å². The quantitative estimate of drug-likeness (QED) is 0.536. The van der Waals surface area contributed by atoms with Crippen LogP contribution in [-0.2, 0) is 6.54 Å². The summed E-state index contributed by atoms with van der Waals surface area (Å²) in [4.78, 5) is 2.17. The summed E-state index contributed by atoms with van der Waals surface area (Å²) >= 11 is 0. The summed E-state index contributed by atoms with van der Waals surface area (Å²) in [6, 6.07) is 10.2. The van der Waals surface area contributed by atoms with E-state index in [0.717, 1.165) is 58.1 Å². The molecule has 0 aliphatic carbocycles. The van der Waals surface area contributed by atoms with Crippen LogP contribution in [0.5, 0.6) is 17.2 Å². The first-order valence-corrected chi connectivity index (χ1v) is 9.31. The van der Waals surface area contributed by atoms with E-state index in [0.29, 0.717) is 0 Å². The molecule has 0 saturated heterocycles. The summed E-state index contributed by atoms with van der Waals surface area (Å²) in [6.45, 7) is 5.85. The molecule has 5 nitrogen and oxygen atoms in total. The first-order chi connectivity index (χ1) is 12.9. The molecule has 138 valence electrons. The molecule has 5 heteroatoms. The van der Waals surface area contributed by atoms with E-state index >= 15 is 0 Å². The van der Waals surface area contributed by atoms with Gasteiger partial charge in [-0.25, -0.2) is 0 Å². The SMILES string of the molecule is CN(C)CCn1nc2c3c(c4c(cc31)OC(C)(C)C=C4)Oc1ccccc1-2. The number of fused-ring (bicyclic) bond motifs is 4. The van der Waals surface area contributed by atoms with Crippen molar-refractivity contribution >= 4 is 17.0 Å². The third-order valence-electron chi connectivity index (χ3n) is 5.13. The zero-order valence-corrected chi connectivity index (χ0v) is 16.1. The molecule has 0 fully saturated rings. The van der Waals surface area contributed by atoms with E-state index in [1.54, 1.807) is 0 Å². The number of aromatic nitrogens is 2. The van der Waals surface area contributed by atoms with Gasteiger partial charge < -0.3 is 14.4 Å². The van der Waals surface area contributed by atoms with E-state index in [9.17, 15) is 0 Å². The summed E-state index contributed by atoms with van der Waals surface area (Å²) in [7, 11) is 4.15. The third kappa shape index (κ3) is 2.53. The van der Waals surface area contributed by atoms with Crippen LogP contribution in [0.3, 0.4) is 0 Å². The van der Waals surface area contributed by atoms with E-state index in [4.69, 9.17) is 14.6 Å². The summed E-state index contributed by atoms with van der Waals surface area (Å²) < 4.78 is 14.7. The normalized spacial score (nSPS) is 16.0. The Hall–Kier alpha value is -2.79. The number of para-hydroxylation sites is 1. The minimum absolute atomic E-state index is 0.336. The molecule has 0 unspecified atom stereocenters. The zero-order chi connectivity index (χ0) is 18.8. The van der Waals surface area contributed by atoms with Crippen LogP contribution < -0.4 is 9.47 Å². The first-order valence-electron chi connectivity index (χ1n) is 9.31. The van der Waals surface area contributed by atoms with Crippen LogP contribution in [-0.4, -0.2) is 40.9 Å². The summed E-state index contributed by atoms with van der Waals surface area (Å²) in [6.07, 6.45) is 4.19. The van der Waals surface area contributed by atoms with Gasteiger partial charge in [-0.15, -0.1) is 0 Å². The minimum atomic E-state index is -0.336. The summed E-state index contributed by atoms with van der Waals surface area (Å²) in [5.41, 5.74) is 3.74. The predicted molar refractivity (Wildman–Crippen MR) is 108 cm³/mol. The maximum atomic E-state index is 6.36. The largest absolute Gasteiger partial charge is 0.483 e. The van der Waals surface area contributed by atoms with E-state index < -0.39 is 0 Å². The second-order valence-electron chi connectivity index (χ2n) is 8.02. The number of ether oxygens (including phenoxy) is 2. The molecule has 0 bridgehead atoms. The lowest BCUT2D eigenvalue weighted by molar-refractivity contribution is 0.158. The Labute approximate surface area is 158 Å². The van der Waals surface area contributed by atoms with Crippen LogP contribution in [0.4, 0.5) is 0 Å². The lowest BCUT2D eigenvalue weighted by atomic mass is 9.96. The summed E-state index contributed by atoms with van der Waals surface area (Å²) in [5, 5.41) is 6.04. The highest BCUT2D eigenvalue weighted by molar-refractivity contribution is 6.04. The van der Waals surface area contributed by atoms with E-state index in [1.165, 1.54) is 0 Å². The standard InChI is InChI=1S/C22H23N3O2/c1-22(2)10-9-15-18(27-22)13-16-19-20(23-25(16)12-11-24(3)4)14-7-5-6-8-17(14)26-21(15)19/h5-10,13H,11-12H2,1-4H3. The fraction of sp³-hybridized carbons (Fsp3) is 0.318. The molecule has 2 aliphatic rings. The molecule has 1 aromatic heterocycles. The first kappa shape index (κ1) is 16.4. The molecule has 3 aromatic rings. The topological polar surface area (TPSA) is 39.5 Å². The molecule has 2 aromatic carbocycles. The second-order valence-corrected chi connectivity index (χ2v) is 8.02. The Bertz CT molecular complexity index is 1090. The van der Waals surface area contributed by atoms with Crippen molar-refractivity contribution in [3.8, 4) is 28.5 Å². The number of hydrogen-bond acceptors (Lipinski definition) is 4. The number of hydrogen-bond donors (Lipinski definition) is 0. The van der Waals surface area contributed by atoms with Gasteiger partial charge in [0.1, 0.15) is 28.5 Å². The van der Waals surface area contributed by atoms with Gasteiger partial charge in [0.2, 0.25) is 0 Å². The van der Waals surface area contributed by atoms with E-state index in [-0.39, 0.29) is 5.60 Å². The number of rotatable bonds is 3. The average molecular weight is 361 g/mol. The van der Waals surface area contributed by atoms with Crippen LogP contribution >= 0.6 is 0 Å². The predicted octanol–water partition coefficient (Wildman–Crippen LogP) is 4.55. The second kappa shape index (κ2) is 5.60. The molecule has 0 saturated carbocycles. The Morgan fingerprint density at radius 3 is 2.78 bits per heavy atom. The molecule has 27 heavy (non-hydrogen) atoms. The van der Waals surface area contributed by atoms with E-state index in [2.05, 4.69) is 61.8 Å². The maximum Gasteiger partial charge on any atom is 0.150 e. The lowest BCUT2D eigenvalue weighted by Gasteiger charge is -2.30. The van der Waals surface area contributed by atoms with Crippen molar-refractivity contribution in [1.82, 2.24) is 14.7 Å². The van der Waals surface area contributed by atoms with Crippen molar-refractivity contribution in [3.63, 3.8) is 0 Å². The van der Waals surface area contributed by atoms with Crippen molar-refractivity contribution in [2.24, 2.45) is 0 Å². The average Bonchev–Trinajstić information content (AvgIpc) is 2.98. The molecule has 0 atom stereocenters. The molecule has 0 amide bonds.